The fourth-order valence-corrected chi connectivity index (χ4v) is 1.45. The van der Waals surface area contributed by atoms with E-state index in [1.807, 2.05) is 0 Å². The first kappa shape index (κ1) is 13.1. The second kappa shape index (κ2) is 6.58. The molecule has 0 atom stereocenters. The van der Waals surface area contributed by atoms with E-state index in [0.717, 1.165) is 5.56 Å². The summed E-state index contributed by atoms with van der Waals surface area (Å²) in [6.45, 7) is 0.257. The standard InChI is InChI=1S/C11H10ClN3O2/c12-10-4-3-8(2-1-5-14-15-13)6-9(10)7-11(16)17/h1-4,6H,5,7H2,(H,16,17). The molecule has 1 aromatic carbocycles. The van der Waals surface area contributed by atoms with E-state index in [9.17, 15) is 4.79 Å². The van der Waals surface area contributed by atoms with Gasteiger partial charge >= 0.3 is 5.97 Å². The molecule has 5 nitrogen and oxygen atoms in total. The molecule has 1 aromatic rings. The van der Waals surface area contributed by atoms with Gasteiger partial charge in [0.15, 0.2) is 0 Å². The number of benzene rings is 1. The number of carboxylic acid groups (broad SMARTS) is 1. The molecule has 0 amide bonds. The average Bonchev–Trinajstić information content (AvgIpc) is 2.28. The molecule has 88 valence electrons. The minimum atomic E-state index is -0.929. The molecule has 1 N–H and O–H groups in total. The molecule has 0 radical (unpaired) electrons. The summed E-state index contributed by atoms with van der Waals surface area (Å²) >= 11 is 5.87. The molecular formula is C11H10ClN3O2. The minimum absolute atomic E-state index is 0.114. The van der Waals surface area contributed by atoms with Crippen molar-refractivity contribution in [3.8, 4) is 0 Å². The SMILES string of the molecule is [N-]=[N+]=NCC=Cc1ccc(Cl)c(CC(=O)O)c1. The Balaban J connectivity index is 2.84. The maximum Gasteiger partial charge on any atom is 0.307 e. The number of halogens is 1. The van der Waals surface area contributed by atoms with Gasteiger partial charge in [-0.2, -0.15) is 0 Å². The molecule has 0 bridgehead atoms. The first-order valence-electron chi connectivity index (χ1n) is 4.81. The van der Waals surface area contributed by atoms with Gasteiger partial charge in [0.05, 0.1) is 6.42 Å². The number of azide groups is 1. The number of hydrogen-bond acceptors (Lipinski definition) is 2. The molecule has 1 rings (SSSR count). The lowest BCUT2D eigenvalue weighted by Crippen LogP contribution is -2.00. The number of nitrogens with zero attached hydrogens (tertiary/aromatic N) is 3. The highest BCUT2D eigenvalue weighted by molar-refractivity contribution is 6.31. The van der Waals surface area contributed by atoms with Crippen molar-refractivity contribution < 1.29 is 9.90 Å². The van der Waals surface area contributed by atoms with E-state index in [0.29, 0.717) is 10.6 Å². The summed E-state index contributed by atoms with van der Waals surface area (Å²) in [6, 6.07) is 5.11. The summed E-state index contributed by atoms with van der Waals surface area (Å²) < 4.78 is 0. The van der Waals surface area contributed by atoms with Gasteiger partial charge in [0.1, 0.15) is 0 Å². The molecule has 0 saturated heterocycles. The number of hydrogen-bond donors (Lipinski definition) is 1. The molecule has 6 heteroatoms. The maximum absolute atomic E-state index is 10.6. The average molecular weight is 252 g/mol. The fraction of sp³-hybridized carbons (Fsp3) is 0.182. The van der Waals surface area contributed by atoms with E-state index in [2.05, 4.69) is 10.0 Å². The zero-order valence-corrected chi connectivity index (χ0v) is 9.63. The van der Waals surface area contributed by atoms with Gasteiger partial charge in [-0.1, -0.05) is 34.9 Å². The second-order valence-electron chi connectivity index (χ2n) is 3.24. The van der Waals surface area contributed by atoms with Crippen molar-refractivity contribution in [2.45, 2.75) is 6.42 Å². The predicted molar refractivity (Wildman–Crippen MR) is 65.8 cm³/mol. The van der Waals surface area contributed by atoms with Gasteiger partial charge in [-0.05, 0) is 28.8 Å². The van der Waals surface area contributed by atoms with Gasteiger partial charge in [-0.3, -0.25) is 4.79 Å². The second-order valence-corrected chi connectivity index (χ2v) is 3.64. The van der Waals surface area contributed by atoms with Crippen LogP contribution in [0.3, 0.4) is 0 Å². The van der Waals surface area contributed by atoms with E-state index in [4.69, 9.17) is 22.2 Å². The quantitative estimate of drug-likeness (QED) is 0.494. The van der Waals surface area contributed by atoms with Crippen molar-refractivity contribution in [2.75, 3.05) is 6.54 Å². The van der Waals surface area contributed by atoms with Gasteiger partial charge in [-0.25, -0.2) is 0 Å². The van der Waals surface area contributed by atoms with Crippen molar-refractivity contribution in [2.24, 2.45) is 5.11 Å². The largest absolute Gasteiger partial charge is 0.481 e. The van der Waals surface area contributed by atoms with E-state index >= 15 is 0 Å². The summed E-state index contributed by atoms with van der Waals surface area (Å²) in [5.74, 6) is -0.929. The fourth-order valence-electron chi connectivity index (χ4n) is 1.27. The third kappa shape index (κ3) is 4.59. The summed E-state index contributed by atoms with van der Waals surface area (Å²) in [5, 5.41) is 12.5. The van der Waals surface area contributed by atoms with Crippen LogP contribution >= 0.6 is 11.6 Å². The van der Waals surface area contributed by atoms with Crippen molar-refractivity contribution in [1.82, 2.24) is 0 Å². The van der Waals surface area contributed by atoms with Crippen LogP contribution in [0.4, 0.5) is 0 Å². The first-order valence-corrected chi connectivity index (χ1v) is 5.19. The highest BCUT2D eigenvalue weighted by atomic mass is 35.5. The van der Waals surface area contributed by atoms with E-state index < -0.39 is 5.97 Å². The van der Waals surface area contributed by atoms with Gasteiger partial charge in [0.2, 0.25) is 0 Å². The van der Waals surface area contributed by atoms with Crippen molar-refractivity contribution in [3.63, 3.8) is 0 Å². The lowest BCUT2D eigenvalue weighted by atomic mass is 10.1. The van der Waals surface area contributed by atoms with Crippen LogP contribution < -0.4 is 0 Å². The third-order valence-corrected chi connectivity index (χ3v) is 2.34. The van der Waals surface area contributed by atoms with E-state index in [1.165, 1.54) is 0 Å². The number of aliphatic carboxylic acids is 1. The number of carbonyl (C=O) groups is 1. The van der Waals surface area contributed by atoms with Gasteiger partial charge < -0.3 is 5.11 Å². The maximum atomic E-state index is 10.6. The van der Waals surface area contributed by atoms with Crippen LogP contribution in [0.1, 0.15) is 11.1 Å². The molecule has 17 heavy (non-hydrogen) atoms. The van der Waals surface area contributed by atoms with E-state index in [1.54, 1.807) is 30.4 Å². The Hall–Kier alpha value is -1.97. The van der Waals surface area contributed by atoms with Crippen LogP contribution in [0.15, 0.2) is 29.4 Å². The summed E-state index contributed by atoms with van der Waals surface area (Å²) in [6.07, 6.45) is 3.32. The number of carboxylic acids is 1. The lowest BCUT2D eigenvalue weighted by molar-refractivity contribution is -0.136. The molecule has 0 fully saturated rings. The van der Waals surface area contributed by atoms with Crippen molar-refractivity contribution in [3.05, 3.63) is 50.9 Å². The Morgan fingerprint density at radius 3 is 3.00 bits per heavy atom. The van der Waals surface area contributed by atoms with Crippen LogP contribution in [-0.2, 0) is 11.2 Å². The summed E-state index contributed by atoms with van der Waals surface area (Å²) in [5.41, 5.74) is 9.46. The van der Waals surface area contributed by atoms with Crippen LogP contribution in [-0.4, -0.2) is 17.6 Å². The Labute approximate surface area is 103 Å². The molecule has 0 unspecified atom stereocenters. The number of rotatable bonds is 5. The highest BCUT2D eigenvalue weighted by Crippen LogP contribution is 2.19. The van der Waals surface area contributed by atoms with Gasteiger partial charge in [-0.15, -0.1) is 0 Å². The molecule has 0 spiro atoms. The lowest BCUT2D eigenvalue weighted by Gasteiger charge is -2.02. The highest BCUT2D eigenvalue weighted by Gasteiger charge is 2.05. The predicted octanol–water partition coefficient (Wildman–Crippen LogP) is 3.29. The van der Waals surface area contributed by atoms with E-state index in [-0.39, 0.29) is 13.0 Å². The summed E-state index contributed by atoms with van der Waals surface area (Å²) in [4.78, 5) is 13.2. The van der Waals surface area contributed by atoms with Crippen molar-refractivity contribution in [1.29, 1.82) is 0 Å². The van der Waals surface area contributed by atoms with Gasteiger partial charge in [0, 0.05) is 16.5 Å². The van der Waals surface area contributed by atoms with Crippen LogP contribution in [0.2, 0.25) is 5.02 Å². The first-order chi connectivity index (χ1) is 8.13. The molecule has 0 heterocycles. The minimum Gasteiger partial charge on any atom is -0.481 e. The zero-order chi connectivity index (χ0) is 12.7. The Morgan fingerprint density at radius 1 is 1.59 bits per heavy atom. The van der Waals surface area contributed by atoms with Crippen LogP contribution in [0, 0.1) is 0 Å². The molecule has 0 aliphatic rings. The zero-order valence-electron chi connectivity index (χ0n) is 8.88. The monoisotopic (exact) mass is 251 g/mol. The Morgan fingerprint density at radius 2 is 2.35 bits per heavy atom. The normalized spacial score (nSPS) is 10.2. The third-order valence-electron chi connectivity index (χ3n) is 1.97. The molecular weight excluding hydrogens is 242 g/mol. The van der Waals surface area contributed by atoms with Gasteiger partial charge in [0.25, 0.3) is 0 Å². The Kier molecular flexibility index (Phi) is 5.07. The smallest absolute Gasteiger partial charge is 0.307 e. The van der Waals surface area contributed by atoms with Crippen molar-refractivity contribution >= 4 is 23.6 Å². The van der Waals surface area contributed by atoms with Crippen LogP contribution in [0.25, 0.3) is 16.5 Å². The molecule has 0 aliphatic heterocycles. The topological polar surface area (TPSA) is 86.1 Å². The molecule has 0 saturated carbocycles. The Bertz CT molecular complexity index is 493. The summed E-state index contributed by atoms with van der Waals surface area (Å²) in [7, 11) is 0. The van der Waals surface area contributed by atoms with Crippen LogP contribution in [0.5, 0.6) is 0 Å². The molecule has 0 aromatic heterocycles. The molecule has 0 aliphatic carbocycles.